The number of benzene rings is 2. The molecule has 0 saturated heterocycles. The second kappa shape index (κ2) is 7.84. The van der Waals surface area contributed by atoms with Crippen LogP contribution in [0.25, 0.3) is 17.1 Å². The Hall–Kier alpha value is -3.12. The molecule has 2 aromatic carbocycles. The molecule has 7 heteroatoms. The maximum atomic E-state index is 12.2. The molecule has 1 aromatic heterocycles. The van der Waals surface area contributed by atoms with Gasteiger partial charge in [-0.1, -0.05) is 23.7 Å². The summed E-state index contributed by atoms with van der Waals surface area (Å²) in [5.41, 5.74) is 2.58. The monoisotopic (exact) mass is 369 g/mol. The average molecular weight is 370 g/mol. The Morgan fingerprint density at radius 2 is 1.85 bits per heavy atom. The van der Waals surface area contributed by atoms with Crippen molar-refractivity contribution >= 4 is 40.3 Å². The predicted molar refractivity (Wildman–Crippen MR) is 102 cm³/mol. The van der Waals surface area contributed by atoms with Gasteiger partial charge in [0.15, 0.2) is 0 Å². The Bertz CT molecular complexity index is 989. The van der Waals surface area contributed by atoms with Gasteiger partial charge in [0.1, 0.15) is 11.5 Å². The van der Waals surface area contributed by atoms with Crippen molar-refractivity contribution in [2.45, 2.75) is 0 Å². The van der Waals surface area contributed by atoms with Crippen molar-refractivity contribution in [3.05, 3.63) is 59.4 Å². The summed E-state index contributed by atoms with van der Waals surface area (Å²) < 4.78 is 10.4. The molecule has 6 nitrogen and oxygen atoms in total. The number of nitrogens with one attached hydrogen (secondary N) is 1. The van der Waals surface area contributed by atoms with Gasteiger partial charge in [-0.15, -0.1) is 0 Å². The zero-order chi connectivity index (χ0) is 18.5. The maximum absolute atomic E-state index is 12.2. The summed E-state index contributed by atoms with van der Waals surface area (Å²) in [4.78, 5) is 20.9. The molecule has 1 heterocycles. The van der Waals surface area contributed by atoms with E-state index in [0.29, 0.717) is 27.9 Å². The Morgan fingerprint density at radius 1 is 1.12 bits per heavy atom. The number of halogens is 1. The molecule has 1 amide bonds. The highest BCUT2D eigenvalue weighted by atomic mass is 35.5. The lowest BCUT2D eigenvalue weighted by Gasteiger charge is -2.12. The summed E-state index contributed by atoms with van der Waals surface area (Å²) in [5.74, 6) is 0.557. The molecular formula is C19H16ClN3O3. The first kappa shape index (κ1) is 17.7. The Balaban J connectivity index is 1.77. The molecule has 0 fully saturated rings. The summed E-state index contributed by atoms with van der Waals surface area (Å²) in [5, 5.41) is 3.09. The first-order valence-corrected chi connectivity index (χ1v) is 8.11. The van der Waals surface area contributed by atoms with Crippen LogP contribution < -0.4 is 14.8 Å². The first-order chi connectivity index (χ1) is 12.6. The SMILES string of the molecule is COc1cc(OC)c(NC(=O)/C=C/c2cnc3ccccc3n2)cc1Cl. The third-order valence-electron chi connectivity index (χ3n) is 3.60. The molecule has 26 heavy (non-hydrogen) atoms. The van der Waals surface area contributed by atoms with Crippen molar-refractivity contribution in [1.29, 1.82) is 0 Å². The number of ether oxygens (including phenoxy) is 2. The molecule has 0 saturated carbocycles. The second-order valence-corrected chi connectivity index (χ2v) is 5.70. The minimum Gasteiger partial charge on any atom is -0.495 e. The molecule has 0 aliphatic carbocycles. The lowest BCUT2D eigenvalue weighted by Crippen LogP contribution is -2.09. The summed E-state index contributed by atoms with van der Waals surface area (Å²) in [6.45, 7) is 0. The molecule has 3 aromatic rings. The number of hydrogen-bond acceptors (Lipinski definition) is 5. The fourth-order valence-electron chi connectivity index (χ4n) is 2.35. The Labute approximate surface area is 155 Å². The number of anilines is 1. The van der Waals surface area contributed by atoms with Gasteiger partial charge in [-0.3, -0.25) is 9.78 Å². The number of carbonyl (C=O) groups is 1. The first-order valence-electron chi connectivity index (χ1n) is 7.73. The van der Waals surface area contributed by atoms with Crippen LogP contribution >= 0.6 is 11.6 Å². The van der Waals surface area contributed by atoms with Crippen LogP contribution in [0.4, 0.5) is 5.69 Å². The van der Waals surface area contributed by atoms with Crippen molar-refractivity contribution in [3.8, 4) is 11.5 Å². The van der Waals surface area contributed by atoms with Crippen molar-refractivity contribution in [3.63, 3.8) is 0 Å². The molecule has 0 spiro atoms. The van der Waals surface area contributed by atoms with Crippen LogP contribution in [0.5, 0.6) is 11.5 Å². The van der Waals surface area contributed by atoms with Crippen molar-refractivity contribution in [2.24, 2.45) is 0 Å². The summed E-state index contributed by atoms with van der Waals surface area (Å²) in [6.07, 6.45) is 4.57. The van der Waals surface area contributed by atoms with Gasteiger partial charge in [0.25, 0.3) is 0 Å². The topological polar surface area (TPSA) is 73.3 Å². The Kier molecular flexibility index (Phi) is 5.34. The van der Waals surface area contributed by atoms with E-state index >= 15 is 0 Å². The molecule has 0 aliphatic rings. The van der Waals surface area contributed by atoms with Gasteiger partial charge in [0.2, 0.25) is 5.91 Å². The molecule has 132 valence electrons. The fraction of sp³-hybridized carbons (Fsp3) is 0.105. The van der Waals surface area contributed by atoms with E-state index in [4.69, 9.17) is 21.1 Å². The van der Waals surface area contributed by atoms with E-state index in [1.165, 1.54) is 20.3 Å². The summed E-state index contributed by atoms with van der Waals surface area (Å²) >= 11 is 6.10. The predicted octanol–water partition coefficient (Wildman–Crippen LogP) is 3.95. The van der Waals surface area contributed by atoms with E-state index in [-0.39, 0.29) is 5.91 Å². The van der Waals surface area contributed by atoms with Crippen LogP contribution in [0.3, 0.4) is 0 Å². The van der Waals surface area contributed by atoms with Gasteiger partial charge in [0, 0.05) is 12.1 Å². The lowest BCUT2D eigenvalue weighted by atomic mass is 10.2. The highest BCUT2D eigenvalue weighted by molar-refractivity contribution is 6.32. The third-order valence-corrected chi connectivity index (χ3v) is 3.90. The lowest BCUT2D eigenvalue weighted by molar-refractivity contribution is -0.111. The molecule has 1 N–H and O–H groups in total. The third kappa shape index (κ3) is 3.92. The molecule has 0 unspecified atom stereocenters. The van der Waals surface area contributed by atoms with Gasteiger partial charge in [-0.2, -0.15) is 0 Å². The minimum absolute atomic E-state index is 0.348. The van der Waals surface area contributed by atoms with Crippen LogP contribution in [0.2, 0.25) is 5.02 Å². The van der Waals surface area contributed by atoms with E-state index in [2.05, 4.69) is 15.3 Å². The molecule has 0 atom stereocenters. The van der Waals surface area contributed by atoms with Crippen LogP contribution in [-0.4, -0.2) is 30.1 Å². The van der Waals surface area contributed by atoms with E-state index in [0.717, 1.165) is 11.0 Å². The van der Waals surface area contributed by atoms with Crippen molar-refractivity contribution in [1.82, 2.24) is 9.97 Å². The largest absolute Gasteiger partial charge is 0.495 e. The van der Waals surface area contributed by atoms with Crippen molar-refractivity contribution in [2.75, 3.05) is 19.5 Å². The number of carbonyl (C=O) groups excluding carboxylic acids is 1. The molecule has 3 rings (SSSR count). The minimum atomic E-state index is -0.348. The standard InChI is InChI=1S/C19H16ClN3O3/c1-25-17-10-18(26-2)16(9-13(17)20)23-19(24)8-7-12-11-21-14-5-3-4-6-15(14)22-12/h3-11H,1-2H3,(H,23,24)/b8-7+. The van der Waals surface area contributed by atoms with E-state index in [1.807, 2.05) is 24.3 Å². The fourth-order valence-corrected chi connectivity index (χ4v) is 2.59. The molecular weight excluding hydrogens is 354 g/mol. The number of methoxy groups -OCH3 is 2. The van der Waals surface area contributed by atoms with Gasteiger partial charge >= 0.3 is 0 Å². The number of rotatable bonds is 5. The number of nitrogens with zero attached hydrogens (tertiary/aromatic N) is 2. The summed E-state index contributed by atoms with van der Waals surface area (Å²) in [7, 11) is 3.01. The Morgan fingerprint density at radius 3 is 2.58 bits per heavy atom. The number of fused-ring (bicyclic) bond motifs is 1. The van der Waals surface area contributed by atoms with Gasteiger partial charge in [0.05, 0.1) is 47.9 Å². The van der Waals surface area contributed by atoms with E-state index in [9.17, 15) is 4.79 Å². The van der Waals surface area contributed by atoms with Crippen LogP contribution in [-0.2, 0) is 4.79 Å². The van der Waals surface area contributed by atoms with Crippen LogP contribution in [0.1, 0.15) is 5.69 Å². The summed E-state index contributed by atoms with van der Waals surface area (Å²) in [6, 6.07) is 10.7. The van der Waals surface area contributed by atoms with Crippen LogP contribution in [0, 0.1) is 0 Å². The maximum Gasteiger partial charge on any atom is 0.248 e. The highest BCUT2D eigenvalue weighted by Crippen LogP contribution is 2.35. The molecule has 0 bridgehead atoms. The number of para-hydroxylation sites is 2. The highest BCUT2D eigenvalue weighted by Gasteiger charge is 2.11. The number of amides is 1. The average Bonchev–Trinajstić information content (AvgIpc) is 2.66. The number of aromatic nitrogens is 2. The van der Waals surface area contributed by atoms with Gasteiger partial charge < -0.3 is 14.8 Å². The smallest absolute Gasteiger partial charge is 0.248 e. The van der Waals surface area contributed by atoms with E-state index < -0.39 is 0 Å². The second-order valence-electron chi connectivity index (χ2n) is 5.29. The molecule has 0 radical (unpaired) electrons. The zero-order valence-corrected chi connectivity index (χ0v) is 14.9. The number of hydrogen-bond donors (Lipinski definition) is 1. The van der Waals surface area contributed by atoms with Gasteiger partial charge in [-0.25, -0.2) is 4.98 Å². The van der Waals surface area contributed by atoms with E-state index in [1.54, 1.807) is 24.4 Å². The van der Waals surface area contributed by atoms with Crippen molar-refractivity contribution < 1.29 is 14.3 Å². The molecule has 0 aliphatic heterocycles. The zero-order valence-electron chi connectivity index (χ0n) is 14.2. The quantitative estimate of drug-likeness (QED) is 0.689. The van der Waals surface area contributed by atoms with Gasteiger partial charge in [-0.05, 0) is 24.3 Å². The van der Waals surface area contributed by atoms with Crippen LogP contribution in [0.15, 0.2) is 48.7 Å². The normalized spacial score (nSPS) is 10.9.